The van der Waals surface area contributed by atoms with Crippen LogP contribution < -0.4 is 19.6 Å². The fourth-order valence-electron chi connectivity index (χ4n) is 4.32. The van der Waals surface area contributed by atoms with Crippen molar-refractivity contribution in [1.29, 1.82) is 0 Å². The number of allylic oxidation sites excluding steroid dienone is 1. The Morgan fingerprint density at radius 3 is 2.31 bits per heavy atom. The average molecular weight is 609 g/mol. The molecule has 8 nitrogen and oxygen atoms in total. The lowest BCUT2D eigenvalue weighted by Crippen LogP contribution is -2.43. The molecule has 0 saturated heterocycles. The molecule has 1 aliphatic rings. The molecule has 39 heavy (non-hydrogen) atoms. The normalized spacial score (nSPS) is 15.1. The minimum atomic E-state index is -1.17. The van der Waals surface area contributed by atoms with Crippen molar-refractivity contribution in [3.8, 4) is 5.75 Å². The first-order valence-electron chi connectivity index (χ1n) is 12.0. The molecule has 1 aromatic heterocycles. The lowest BCUT2D eigenvalue weighted by Gasteiger charge is -2.29. The SMILES string of the molecule is CCN(CC)C(=O)C1=C(C)N=c2s/c(=C/c3cc(Cl)c(OCC(=O)O)c(Cl)c3)c(=O)n2[C@H]1c1ccc(Cl)cc1. The molecule has 2 heterocycles. The van der Waals surface area contributed by atoms with Crippen molar-refractivity contribution >= 4 is 64.1 Å². The predicted octanol–water partition coefficient (Wildman–Crippen LogP) is 4.53. The van der Waals surface area contributed by atoms with E-state index in [1.165, 1.54) is 28.0 Å². The van der Waals surface area contributed by atoms with Gasteiger partial charge < -0.3 is 14.7 Å². The van der Waals surface area contributed by atoms with Gasteiger partial charge in [0.25, 0.3) is 11.5 Å². The number of carbonyl (C=O) groups excluding carboxylic acids is 1. The third kappa shape index (κ3) is 5.91. The number of likely N-dealkylation sites (N-methyl/N-ethyl adjacent to an activating group) is 1. The molecule has 0 saturated carbocycles. The molecule has 0 aliphatic carbocycles. The Morgan fingerprint density at radius 2 is 1.74 bits per heavy atom. The number of thiazole rings is 1. The third-order valence-electron chi connectivity index (χ3n) is 6.15. The summed E-state index contributed by atoms with van der Waals surface area (Å²) in [6, 6.07) is 9.40. The van der Waals surface area contributed by atoms with Crippen molar-refractivity contribution in [3.05, 3.63) is 93.6 Å². The van der Waals surface area contributed by atoms with Gasteiger partial charge >= 0.3 is 5.97 Å². The van der Waals surface area contributed by atoms with Crippen molar-refractivity contribution in [1.82, 2.24) is 9.47 Å². The summed E-state index contributed by atoms with van der Waals surface area (Å²) in [7, 11) is 0. The van der Waals surface area contributed by atoms with E-state index in [0.29, 0.717) is 44.3 Å². The first-order chi connectivity index (χ1) is 18.5. The lowest BCUT2D eigenvalue weighted by atomic mass is 9.94. The second-order valence-corrected chi connectivity index (χ2v) is 10.9. The zero-order valence-corrected chi connectivity index (χ0v) is 24.3. The maximum Gasteiger partial charge on any atom is 0.341 e. The van der Waals surface area contributed by atoms with Gasteiger partial charge in [-0.15, -0.1) is 0 Å². The summed E-state index contributed by atoms with van der Waals surface area (Å²) in [5.41, 5.74) is 1.85. The minimum absolute atomic E-state index is 0.0391. The van der Waals surface area contributed by atoms with Gasteiger partial charge in [-0.3, -0.25) is 14.2 Å². The average Bonchev–Trinajstić information content (AvgIpc) is 3.17. The van der Waals surface area contributed by atoms with Crippen LogP contribution in [0.4, 0.5) is 0 Å². The topological polar surface area (TPSA) is 101 Å². The molecule has 1 atom stereocenters. The highest BCUT2D eigenvalue weighted by Gasteiger charge is 2.34. The number of rotatable bonds is 8. The third-order valence-corrected chi connectivity index (χ3v) is 7.94. The van der Waals surface area contributed by atoms with Crippen LogP contribution in [0, 0.1) is 0 Å². The number of amides is 1. The van der Waals surface area contributed by atoms with E-state index >= 15 is 0 Å². The van der Waals surface area contributed by atoms with Crippen molar-refractivity contribution in [2.75, 3.05) is 19.7 Å². The summed E-state index contributed by atoms with van der Waals surface area (Å²) in [6.45, 7) is 5.99. The van der Waals surface area contributed by atoms with E-state index in [1.807, 2.05) is 13.8 Å². The maximum absolute atomic E-state index is 13.8. The highest BCUT2D eigenvalue weighted by atomic mass is 35.5. The molecule has 12 heteroatoms. The van der Waals surface area contributed by atoms with Gasteiger partial charge in [0.15, 0.2) is 17.2 Å². The molecule has 0 spiro atoms. The molecule has 204 valence electrons. The number of aromatic nitrogens is 1. The van der Waals surface area contributed by atoms with Crippen LogP contribution >= 0.6 is 46.1 Å². The first-order valence-corrected chi connectivity index (χ1v) is 13.9. The Labute approximate surface area is 243 Å². The second kappa shape index (κ2) is 12.0. The number of carboxylic acids is 1. The van der Waals surface area contributed by atoms with Crippen molar-refractivity contribution in [3.63, 3.8) is 0 Å². The molecule has 4 rings (SSSR count). The van der Waals surface area contributed by atoms with Gasteiger partial charge in [-0.25, -0.2) is 9.79 Å². The molecule has 3 aromatic rings. The highest BCUT2D eigenvalue weighted by Crippen LogP contribution is 2.35. The molecule has 0 unspecified atom stereocenters. The molecule has 2 aromatic carbocycles. The van der Waals surface area contributed by atoms with Gasteiger partial charge in [-0.2, -0.15) is 0 Å². The van der Waals surface area contributed by atoms with Gasteiger partial charge in [0, 0.05) is 18.1 Å². The number of carbonyl (C=O) groups is 2. The number of halogens is 3. The Kier molecular flexibility index (Phi) is 8.86. The van der Waals surface area contributed by atoms with E-state index in [9.17, 15) is 14.4 Å². The molecule has 0 bridgehead atoms. The van der Waals surface area contributed by atoms with Crippen LogP contribution in [0.5, 0.6) is 5.75 Å². The number of carboxylic acid groups (broad SMARTS) is 1. The number of aliphatic carboxylic acids is 1. The zero-order valence-electron chi connectivity index (χ0n) is 21.2. The van der Waals surface area contributed by atoms with Gasteiger partial charge in [-0.1, -0.05) is 58.3 Å². The lowest BCUT2D eigenvalue weighted by molar-refractivity contribution is -0.139. The van der Waals surface area contributed by atoms with E-state index in [1.54, 1.807) is 42.2 Å². The van der Waals surface area contributed by atoms with E-state index in [4.69, 9.17) is 44.6 Å². The smallest absolute Gasteiger partial charge is 0.341 e. The monoisotopic (exact) mass is 607 g/mol. The Morgan fingerprint density at radius 1 is 1.13 bits per heavy atom. The largest absolute Gasteiger partial charge is 0.479 e. The second-order valence-electron chi connectivity index (χ2n) is 8.61. The minimum Gasteiger partial charge on any atom is -0.479 e. The quantitative estimate of drug-likeness (QED) is 0.405. The van der Waals surface area contributed by atoms with E-state index in [-0.39, 0.29) is 27.3 Å². The van der Waals surface area contributed by atoms with Crippen LogP contribution in [-0.4, -0.2) is 46.1 Å². The maximum atomic E-state index is 13.8. The summed E-state index contributed by atoms with van der Waals surface area (Å²) in [6.07, 6.45) is 1.62. The number of fused-ring (bicyclic) bond motifs is 1. The summed E-state index contributed by atoms with van der Waals surface area (Å²) < 4.78 is 7.05. The highest BCUT2D eigenvalue weighted by molar-refractivity contribution is 7.07. The Bertz CT molecular complexity index is 1630. The fourth-order valence-corrected chi connectivity index (χ4v) is 6.11. The molecular weight excluding hydrogens is 585 g/mol. The fraction of sp³-hybridized carbons (Fsp3) is 0.259. The number of benzene rings is 2. The van der Waals surface area contributed by atoms with Crippen molar-refractivity contribution in [2.45, 2.75) is 26.8 Å². The van der Waals surface area contributed by atoms with Crippen molar-refractivity contribution in [2.24, 2.45) is 4.99 Å². The molecular formula is C27H24Cl3N3O5S. The van der Waals surface area contributed by atoms with Gasteiger partial charge in [0.2, 0.25) is 0 Å². The standard InChI is InChI=1S/C27H24Cl3N3O5S/c1-4-32(5-2)26(37)22-14(3)31-27-33(23(22)16-6-8-17(28)9-7-16)25(36)20(39-27)12-15-10-18(29)24(19(30)11-15)38-13-21(34)35/h6-12,23H,4-5,13H2,1-3H3,(H,34,35)/b20-12+/t23-/m0/s1. The van der Waals surface area contributed by atoms with Gasteiger partial charge in [0.1, 0.15) is 0 Å². The molecule has 1 amide bonds. The van der Waals surface area contributed by atoms with Gasteiger partial charge in [0.05, 0.1) is 31.9 Å². The number of ether oxygens (including phenoxy) is 1. The molecule has 0 fully saturated rings. The number of hydrogen-bond donors (Lipinski definition) is 1. The summed E-state index contributed by atoms with van der Waals surface area (Å²) in [4.78, 5) is 45.1. The van der Waals surface area contributed by atoms with Crippen LogP contribution in [0.25, 0.3) is 6.08 Å². The van der Waals surface area contributed by atoms with Crippen LogP contribution in [0.3, 0.4) is 0 Å². The first kappa shape index (κ1) is 28.9. The van der Waals surface area contributed by atoms with Crippen LogP contribution in [0.15, 0.2) is 57.5 Å². The molecule has 1 aliphatic heterocycles. The van der Waals surface area contributed by atoms with Crippen LogP contribution in [0.1, 0.15) is 37.9 Å². The molecule has 1 N–H and O–H groups in total. The Balaban J connectivity index is 1.88. The predicted molar refractivity (Wildman–Crippen MR) is 153 cm³/mol. The van der Waals surface area contributed by atoms with E-state index in [2.05, 4.69) is 4.99 Å². The van der Waals surface area contributed by atoms with E-state index < -0.39 is 18.6 Å². The van der Waals surface area contributed by atoms with Gasteiger partial charge in [-0.05, 0) is 62.2 Å². The Hall–Kier alpha value is -3.11. The summed E-state index contributed by atoms with van der Waals surface area (Å²) in [5, 5.41) is 9.61. The van der Waals surface area contributed by atoms with Crippen LogP contribution in [-0.2, 0) is 9.59 Å². The van der Waals surface area contributed by atoms with Crippen LogP contribution in [0.2, 0.25) is 15.1 Å². The summed E-state index contributed by atoms with van der Waals surface area (Å²) >= 11 is 19.9. The summed E-state index contributed by atoms with van der Waals surface area (Å²) in [5.74, 6) is -1.32. The number of nitrogens with zero attached hydrogens (tertiary/aromatic N) is 3. The van der Waals surface area contributed by atoms with E-state index in [0.717, 1.165) is 5.56 Å². The van der Waals surface area contributed by atoms with Crippen molar-refractivity contribution < 1.29 is 19.4 Å². The molecule has 0 radical (unpaired) electrons. The zero-order chi connectivity index (χ0) is 28.4. The number of hydrogen-bond acceptors (Lipinski definition) is 6.